The van der Waals surface area contributed by atoms with Crippen LogP contribution in [-0.2, 0) is 24.2 Å². The van der Waals surface area contributed by atoms with Gasteiger partial charge in [-0.05, 0) is 25.0 Å². The molecule has 1 aliphatic heterocycles. The number of rotatable bonds is 2. The van der Waals surface area contributed by atoms with E-state index in [1.165, 1.54) is 10.1 Å². The molecule has 0 saturated heterocycles. The van der Waals surface area contributed by atoms with Gasteiger partial charge in [0.25, 0.3) is 0 Å². The molecule has 0 bridgehead atoms. The van der Waals surface area contributed by atoms with Gasteiger partial charge in [0, 0.05) is 17.7 Å². The normalized spacial score (nSPS) is 16.2. The standard InChI is InChI=1S/C19H18N4O2S/c1-19(2)9-12-13(10-25-19)26-17-15(12)16-20-14(22-23(16)18(24)21-17)8-11-6-4-3-5-7-11/h3-7H,8-10H2,1-2H3,(H,21,24). The van der Waals surface area contributed by atoms with Gasteiger partial charge >= 0.3 is 5.69 Å². The molecule has 1 aromatic carbocycles. The van der Waals surface area contributed by atoms with E-state index in [1.807, 2.05) is 30.3 Å². The van der Waals surface area contributed by atoms with E-state index in [0.717, 1.165) is 27.1 Å². The number of thiophene rings is 1. The predicted octanol–water partition coefficient (Wildman–Crippen LogP) is 3.07. The molecule has 6 nitrogen and oxygen atoms in total. The van der Waals surface area contributed by atoms with Gasteiger partial charge in [0.2, 0.25) is 0 Å². The number of nitrogens with zero attached hydrogens (tertiary/aromatic N) is 3. The van der Waals surface area contributed by atoms with Crippen molar-refractivity contribution in [2.24, 2.45) is 0 Å². The van der Waals surface area contributed by atoms with Crippen molar-refractivity contribution in [2.45, 2.75) is 38.9 Å². The summed E-state index contributed by atoms with van der Waals surface area (Å²) >= 11 is 1.58. The van der Waals surface area contributed by atoms with Gasteiger partial charge in [0.1, 0.15) is 4.83 Å². The highest BCUT2D eigenvalue weighted by Gasteiger charge is 2.31. The Bertz CT molecular complexity index is 1190. The second-order valence-corrected chi connectivity index (χ2v) is 8.39. The Labute approximate surface area is 153 Å². The molecule has 0 fully saturated rings. The van der Waals surface area contributed by atoms with Crippen LogP contribution >= 0.6 is 11.3 Å². The fraction of sp³-hybridized carbons (Fsp3) is 0.316. The fourth-order valence-electron chi connectivity index (χ4n) is 3.54. The molecule has 4 heterocycles. The quantitative estimate of drug-likeness (QED) is 0.592. The largest absolute Gasteiger partial charge is 0.370 e. The van der Waals surface area contributed by atoms with Crippen LogP contribution in [-0.4, -0.2) is 25.2 Å². The van der Waals surface area contributed by atoms with Gasteiger partial charge in [-0.1, -0.05) is 30.3 Å². The van der Waals surface area contributed by atoms with Crippen LogP contribution in [0.15, 0.2) is 35.1 Å². The van der Waals surface area contributed by atoms with Crippen molar-refractivity contribution in [1.29, 1.82) is 0 Å². The Hall–Kier alpha value is -2.51. The van der Waals surface area contributed by atoms with Crippen molar-refractivity contribution >= 4 is 27.2 Å². The molecule has 3 aromatic heterocycles. The minimum absolute atomic E-state index is 0.221. The second-order valence-electron chi connectivity index (χ2n) is 7.29. The molecule has 0 unspecified atom stereocenters. The maximum Gasteiger partial charge on any atom is 0.349 e. The SMILES string of the molecule is CC1(C)Cc2c(sc3[nH]c(=O)n4nc(Cc5ccccc5)nc4c23)CO1. The first-order chi connectivity index (χ1) is 12.5. The number of hydrogen-bond donors (Lipinski definition) is 1. The van der Waals surface area contributed by atoms with E-state index in [-0.39, 0.29) is 11.3 Å². The minimum atomic E-state index is -0.252. The molecule has 0 spiro atoms. The fourth-order valence-corrected chi connectivity index (χ4v) is 4.66. The Balaban J connectivity index is 1.72. The third kappa shape index (κ3) is 2.47. The highest BCUT2D eigenvalue weighted by molar-refractivity contribution is 7.19. The van der Waals surface area contributed by atoms with E-state index in [0.29, 0.717) is 24.5 Å². The number of benzene rings is 1. The molecular formula is C19H18N4O2S. The molecule has 0 atom stereocenters. The first-order valence-corrected chi connectivity index (χ1v) is 9.42. The Morgan fingerprint density at radius 2 is 2.12 bits per heavy atom. The maximum absolute atomic E-state index is 12.5. The van der Waals surface area contributed by atoms with E-state index < -0.39 is 0 Å². The van der Waals surface area contributed by atoms with Crippen molar-refractivity contribution < 1.29 is 4.74 Å². The molecule has 0 saturated carbocycles. The van der Waals surface area contributed by atoms with Crippen molar-refractivity contribution in [3.63, 3.8) is 0 Å². The number of H-pyrrole nitrogens is 1. The van der Waals surface area contributed by atoms with Gasteiger partial charge in [0.15, 0.2) is 11.5 Å². The number of aromatic nitrogens is 4. The number of ether oxygens (including phenoxy) is 1. The van der Waals surface area contributed by atoms with Crippen LogP contribution in [0.25, 0.3) is 15.9 Å². The molecular weight excluding hydrogens is 348 g/mol. The van der Waals surface area contributed by atoms with E-state index in [2.05, 4.69) is 23.9 Å². The van der Waals surface area contributed by atoms with Gasteiger partial charge in [-0.15, -0.1) is 16.4 Å². The van der Waals surface area contributed by atoms with E-state index in [1.54, 1.807) is 11.3 Å². The van der Waals surface area contributed by atoms with Gasteiger partial charge in [0.05, 0.1) is 17.6 Å². The van der Waals surface area contributed by atoms with Crippen LogP contribution in [0.4, 0.5) is 0 Å². The number of hydrogen-bond acceptors (Lipinski definition) is 5. The number of aromatic amines is 1. The molecule has 1 aliphatic rings. The summed E-state index contributed by atoms with van der Waals surface area (Å²) in [5, 5.41) is 5.46. The van der Waals surface area contributed by atoms with Crippen molar-refractivity contribution in [3.8, 4) is 0 Å². The van der Waals surface area contributed by atoms with Crippen LogP contribution in [0.3, 0.4) is 0 Å². The third-order valence-electron chi connectivity index (χ3n) is 4.78. The summed E-state index contributed by atoms with van der Waals surface area (Å²) in [5.74, 6) is 0.653. The van der Waals surface area contributed by atoms with Gasteiger partial charge in [-0.2, -0.15) is 4.52 Å². The molecule has 5 rings (SSSR count). The minimum Gasteiger partial charge on any atom is -0.370 e. The lowest BCUT2D eigenvalue weighted by atomic mass is 9.94. The molecule has 0 radical (unpaired) electrons. The lowest BCUT2D eigenvalue weighted by molar-refractivity contribution is -0.0379. The van der Waals surface area contributed by atoms with Crippen molar-refractivity contribution in [2.75, 3.05) is 0 Å². The molecule has 1 N–H and O–H groups in total. The topological polar surface area (TPSA) is 72.3 Å². The van der Waals surface area contributed by atoms with Gasteiger partial charge in [-0.3, -0.25) is 4.98 Å². The van der Waals surface area contributed by atoms with Gasteiger partial charge in [-0.25, -0.2) is 9.78 Å². The molecule has 132 valence electrons. The highest BCUT2D eigenvalue weighted by atomic mass is 32.1. The Morgan fingerprint density at radius 3 is 2.92 bits per heavy atom. The monoisotopic (exact) mass is 366 g/mol. The Kier molecular flexibility index (Phi) is 3.32. The molecule has 0 amide bonds. The summed E-state index contributed by atoms with van der Waals surface area (Å²) in [6.07, 6.45) is 1.40. The zero-order valence-corrected chi connectivity index (χ0v) is 15.4. The predicted molar refractivity (Wildman–Crippen MR) is 101 cm³/mol. The summed E-state index contributed by atoms with van der Waals surface area (Å²) in [6, 6.07) is 10.0. The Morgan fingerprint density at radius 1 is 1.31 bits per heavy atom. The van der Waals surface area contributed by atoms with E-state index in [9.17, 15) is 4.79 Å². The maximum atomic E-state index is 12.5. The average Bonchev–Trinajstić information content (AvgIpc) is 3.16. The average molecular weight is 366 g/mol. The summed E-state index contributed by atoms with van der Waals surface area (Å²) in [6.45, 7) is 4.75. The summed E-state index contributed by atoms with van der Waals surface area (Å²) in [7, 11) is 0. The number of fused-ring (bicyclic) bond motifs is 5. The summed E-state index contributed by atoms with van der Waals surface area (Å²) < 4.78 is 7.32. The smallest absolute Gasteiger partial charge is 0.349 e. The van der Waals surface area contributed by atoms with Crippen LogP contribution in [0.5, 0.6) is 0 Å². The highest BCUT2D eigenvalue weighted by Crippen LogP contribution is 2.39. The van der Waals surface area contributed by atoms with Crippen LogP contribution in [0.1, 0.15) is 35.7 Å². The summed E-state index contributed by atoms with van der Waals surface area (Å²) in [5.41, 5.74) is 2.52. The van der Waals surface area contributed by atoms with E-state index >= 15 is 0 Å². The molecule has 4 aromatic rings. The van der Waals surface area contributed by atoms with Crippen LogP contribution < -0.4 is 5.69 Å². The first-order valence-electron chi connectivity index (χ1n) is 8.60. The van der Waals surface area contributed by atoms with Crippen LogP contribution in [0.2, 0.25) is 0 Å². The zero-order chi connectivity index (χ0) is 17.9. The summed E-state index contributed by atoms with van der Waals surface area (Å²) in [4.78, 5) is 22.2. The second kappa shape index (κ2) is 5.49. The molecule has 7 heteroatoms. The van der Waals surface area contributed by atoms with Gasteiger partial charge < -0.3 is 4.74 Å². The third-order valence-corrected chi connectivity index (χ3v) is 5.90. The lowest BCUT2D eigenvalue weighted by Crippen LogP contribution is -2.31. The van der Waals surface area contributed by atoms with E-state index in [4.69, 9.17) is 9.72 Å². The van der Waals surface area contributed by atoms with Crippen LogP contribution in [0, 0.1) is 0 Å². The lowest BCUT2D eigenvalue weighted by Gasteiger charge is -2.30. The molecule has 0 aliphatic carbocycles. The first kappa shape index (κ1) is 15.7. The van der Waals surface area contributed by atoms with Crippen molar-refractivity contribution in [1.82, 2.24) is 19.6 Å². The van der Waals surface area contributed by atoms with Crippen molar-refractivity contribution in [3.05, 3.63) is 62.6 Å². The molecule has 26 heavy (non-hydrogen) atoms. The zero-order valence-electron chi connectivity index (χ0n) is 14.6. The number of nitrogens with one attached hydrogen (secondary N) is 1.